The predicted octanol–water partition coefficient (Wildman–Crippen LogP) is 3.23. The molecule has 0 radical (unpaired) electrons. The van der Waals surface area contributed by atoms with Gasteiger partial charge in [-0.05, 0) is 41.8 Å². The van der Waals surface area contributed by atoms with Gasteiger partial charge in [0.1, 0.15) is 11.6 Å². The lowest BCUT2D eigenvalue weighted by atomic mass is 9.83. The molecule has 0 N–H and O–H groups in total. The van der Waals surface area contributed by atoms with Crippen LogP contribution in [0.3, 0.4) is 0 Å². The molecule has 27 heavy (non-hydrogen) atoms. The van der Waals surface area contributed by atoms with Gasteiger partial charge in [0.25, 0.3) is 0 Å². The molecule has 0 aromatic heterocycles. The first-order chi connectivity index (χ1) is 12.9. The number of hydrogen-bond acceptors (Lipinski definition) is 4. The second kappa shape index (κ2) is 5.87. The zero-order valence-corrected chi connectivity index (χ0v) is 14.9. The van der Waals surface area contributed by atoms with E-state index in [4.69, 9.17) is 9.47 Å². The summed E-state index contributed by atoms with van der Waals surface area (Å²) in [6.07, 6.45) is 0.497. The van der Waals surface area contributed by atoms with E-state index in [0.717, 1.165) is 11.1 Å². The fraction of sp³-hybridized carbons (Fsp3) is 0.333. The summed E-state index contributed by atoms with van der Waals surface area (Å²) in [4.78, 5) is 24.7. The number of methoxy groups -OCH3 is 2. The highest BCUT2D eigenvalue weighted by Gasteiger charge is 2.91. The Kier molecular flexibility index (Phi) is 3.84. The van der Waals surface area contributed by atoms with Crippen molar-refractivity contribution < 1.29 is 27.8 Å². The Bertz CT molecular complexity index is 837. The van der Waals surface area contributed by atoms with Crippen molar-refractivity contribution >= 4 is 11.9 Å². The van der Waals surface area contributed by atoms with Crippen LogP contribution in [0.5, 0.6) is 0 Å². The minimum absolute atomic E-state index is 0.382. The molecule has 0 bridgehead atoms. The maximum absolute atomic E-state index is 13.5. The third kappa shape index (κ3) is 2.25. The largest absolute Gasteiger partial charge is 0.469 e. The van der Waals surface area contributed by atoms with Crippen LogP contribution in [0.1, 0.15) is 17.5 Å². The zero-order valence-electron chi connectivity index (χ0n) is 14.9. The third-order valence-electron chi connectivity index (χ3n) is 6.15. The first-order valence-electron chi connectivity index (χ1n) is 8.60. The molecule has 2 aromatic carbocycles. The molecule has 0 amide bonds. The van der Waals surface area contributed by atoms with E-state index < -0.39 is 34.6 Å². The lowest BCUT2D eigenvalue weighted by Gasteiger charge is -2.19. The summed E-state index contributed by atoms with van der Waals surface area (Å²) in [7, 11) is 2.56. The van der Waals surface area contributed by atoms with Gasteiger partial charge in [-0.1, -0.05) is 24.3 Å². The number of carbonyl (C=O) groups is 2. The number of esters is 2. The minimum atomic E-state index is -0.706. The molecular weight excluding hydrogens is 354 g/mol. The van der Waals surface area contributed by atoms with E-state index in [0.29, 0.717) is 6.42 Å². The van der Waals surface area contributed by atoms with Crippen LogP contribution >= 0.6 is 0 Å². The molecule has 2 aliphatic carbocycles. The smallest absolute Gasteiger partial charge is 0.310 e. The highest BCUT2D eigenvalue weighted by Crippen LogP contribution is 2.86. The van der Waals surface area contributed by atoms with Crippen molar-refractivity contribution in [2.24, 2.45) is 17.3 Å². The van der Waals surface area contributed by atoms with Crippen molar-refractivity contribution in [1.29, 1.82) is 0 Å². The van der Waals surface area contributed by atoms with Gasteiger partial charge in [0.05, 0.1) is 26.1 Å². The van der Waals surface area contributed by atoms with Gasteiger partial charge < -0.3 is 9.47 Å². The zero-order chi connectivity index (χ0) is 19.4. The molecule has 2 unspecified atom stereocenters. The van der Waals surface area contributed by atoms with E-state index in [-0.39, 0.29) is 11.6 Å². The molecule has 2 fully saturated rings. The molecule has 4 rings (SSSR count). The normalized spacial score (nSPS) is 27.1. The van der Waals surface area contributed by atoms with Gasteiger partial charge in [0.2, 0.25) is 0 Å². The number of hydrogen-bond donors (Lipinski definition) is 0. The number of benzene rings is 2. The molecule has 2 aromatic rings. The first-order valence-corrected chi connectivity index (χ1v) is 8.60. The number of ether oxygens (including phenoxy) is 2. The molecule has 2 atom stereocenters. The van der Waals surface area contributed by atoms with Crippen LogP contribution < -0.4 is 0 Å². The van der Waals surface area contributed by atoms with Gasteiger partial charge in [-0.2, -0.15) is 0 Å². The average molecular weight is 372 g/mol. The summed E-state index contributed by atoms with van der Waals surface area (Å²) in [6, 6.07) is 12.0. The molecule has 0 aliphatic heterocycles. The van der Waals surface area contributed by atoms with Crippen LogP contribution in [0, 0.1) is 28.9 Å². The summed E-state index contributed by atoms with van der Waals surface area (Å²) in [5.74, 6) is -3.01. The Morgan fingerprint density at radius 2 is 1.19 bits per heavy atom. The summed E-state index contributed by atoms with van der Waals surface area (Å²) < 4.78 is 36.8. The Labute approximate surface area is 155 Å². The number of carbonyl (C=O) groups excluding carboxylic acids is 2. The van der Waals surface area contributed by atoms with Gasteiger partial charge in [0, 0.05) is 10.8 Å². The molecule has 4 nitrogen and oxygen atoms in total. The second-order valence-corrected chi connectivity index (χ2v) is 7.14. The van der Waals surface area contributed by atoms with E-state index in [1.165, 1.54) is 38.5 Å². The van der Waals surface area contributed by atoms with E-state index in [2.05, 4.69) is 0 Å². The van der Waals surface area contributed by atoms with Gasteiger partial charge >= 0.3 is 11.9 Å². The fourth-order valence-electron chi connectivity index (χ4n) is 4.91. The lowest BCUT2D eigenvalue weighted by Crippen LogP contribution is -2.17. The van der Waals surface area contributed by atoms with Crippen molar-refractivity contribution in [1.82, 2.24) is 0 Å². The van der Waals surface area contributed by atoms with Crippen molar-refractivity contribution in [3.8, 4) is 0 Å². The van der Waals surface area contributed by atoms with E-state index >= 15 is 0 Å². The quantitative estimate of drug-likeness (QED) is 0.774. The SMILES string of the molecule is COC(=O)C1C(C(=O)OC)C12CC2(c1ccc(F)cc1)c1ccc(F)cc1. The van der Waals surface area contributed by atoms with Crippen molar-refractivity contribution in [2.45, 2.75) is 11.8 Å². The number of rotatable bonds is 4. The summed E-state index contributed by atoms with van der Waals surface area (Å²) in [6.45, 7) is 0. The minimum Gasteiger partial charge on any atom is -0.469 e. The topological polar surface area (TPSA) is 52.6 Å². The van der Waals surface area contributed by atoms with Crippen molar-refractivity contribution in [3.63, 3.8) is 0 Å². The highest BCUT2D eigenvalue weighted by molar-refractivity contribution is 5.93. The summed E-state index contributed by atoms with van der Waals surface area (Å²) in [5.41, 5.74) is 0.140. The molecule has 2 saturated carbocycles. The maximum atomic E-state index is 13.5. The van der Waals surface area contributed by atoms with E-state index in [9.17, 15) is 18.4 Å². The molecule has 140 valence electrons. The van der Waals surface area contributed by atoms with Crippen molar-refractivity contribution in [2.75, 3.05) is 14.2 Å². The Hall–Kier alpha value is -2.76. The van der Waals surface area contributed by atoms with Gasteiger partial charge in [-0.25, -0.2) is 8.78 Å². The molecule has 0 saturated heterocycles. The van der Waals surface area contributed by atoms with Crippen LogP contribution in [0.2, 0.25) is 0 Å². The fourth-order valence-corrected chi connectivity index (χ4v) is 4.91. The van der Waals surface area contributed by atoms with Crippen LogP contribution in [-0.4, -0.2) is 26.2 Å². The molecule has 1 spiro atoms. The summed E-state index contributed by atoms with van der Waals surface area (Å²) in [5, 5.41) is 0. The Morgan fingerprint density at radius 3 is 1.52 bits per heavy atom. The first kappa shape index (κ1) is 17.6. The third-order valence-corrected chi connectivity index (χ3v) is 6.15. The van der Waals surface area contributed by atoms with E-state index in [1.54, 1.807) is 24.3 Å². The summed E-state index contributed by atoms with van der Waals surface area (Å²) >= 11 is 0. The van der Waals surface area contributed by atoms with E-state index in [1.807, 2.05) is 0 Å². The number of halogens is 2. The van der Waals surface area contributed by atoms with Crippen LogP contribution in [0.15, 0.2) is 48.5 Å². The Morgan fingerprint density at radius 1 is 0.815 bits per heavy atom. The van der Waals surface area contributed by atoms with Gasteiger partial charge in [0.15, 0.2) is 0 Å². The predicted molar refractivity (Wildman–Crippen MR) is 91.6 cm³/mol. The monoisotopic (exact) mass is 372 g/mol. The second-order valence-electron chi connectivity index (χ2n) is 7.14. The van der Waals surface area contributed by atoms with Crippen LogP contribution in [0.4, 0.5) is 8.78 Å². The van der Waals surface area contributed by atoms with Crippen LogP contribution in [-0.2, 0) is 24.5 Å². The lowest BCUT2D eigenvalue weighted by molar-refractivity contribution is -0.148. The molecular formula is C21H18F2O4. The van der Waals surface area contributed by atoms with Gasteiger partial charge in [-0.3, -0.25) is 9.59 Å². The van der Waals surface area contributed by atoms with Crippen molar-refractivity contribution in [3.05, 3.63) is 71.3 Å². The van der Waals surface area contributed by atoms with Gasteiger partial charge in [-0.15, -0.1) is 0 Å². The standard InChI is InChI=1S/C21H18F2O4/c1-26-18(24)16-17(19(25)27-2)21(16)11-20(21,12-3-7-14(22)8-4-12)13-5-9-15(23)10-6-13/h3-10,16-17H,11H2,1-2H3. The maximum Gasteiger partial charge on any atom is 0.310 e. The Balaban J connectivity index is 1.86. The molecule has 0 heterocycles. The highest BCUT2D eigenvalue weighted by atomic mass is 19.1. The molecule has 6 heteroatoms. The van der Waals surface area contributed by atoms with Crippen LogP contribution in [0.25, 0.3) is 0 Å². The average Bonchev–Trinajstić information content (AvgIpc) is 3.56. The molecule has 2 aliphatic rings.